The van der Waals surface area contributed by atoms with Gasteiger partial charge in [0, 0.05) is 5.69 Å². The first kappa shape index (κ1) is 16.2. The van der Waals surface area contributed by atoms with E-state index in [-0.39, 0.29) is 0 Å². The fourth-order valence-corrected chi connectivity index (χ4v) is 2.79. The molecule has 0 fully saturated rings. The zero-order valence-corrected chi connectivity index (χ0v) is 14.2. The minimum absolute atomic E-state index is 0.390. The summed E-state index contributed by atoms with van der Waals surface area (Å²) < 4.78 is 0. The van der Waals surface area contributed by atoms with Crippen LogP contribution in [0.3, 0.4) is 0 Å². The highest BCUT2D eigenvalue weighted by molar-refractivity contribution is 5.84. The molecule has 0 aliphatic heterocycles. The van der Waals surface area contributed by atoms with E-state index in [1.54, 1.807) is 0 Å². The first-order chi connectivity index (χ1) is 11.5. The molecule has 0 amide bonds. The quantitative estimate of drug-likeness (QED) is 0.710. The molecule has 0 aliphatic rings. The number of hydrogen-bond donors (Lipinski definition) is 1. The molecule has 0 saturated carbocycles. The van der Waals surface area contributed by atoms with Crippen LogP contribution in [0.5, 0.6) is 0 Å². The minimum atomic E-state index is -0.447. The summed E-state index contributed by atoms with van der Waals surface area (Å²) in [4.78, 5) is 24.0. The highest BCUT2D eigenvalue weighted by atomic mass is 16.2. The summed E-state index contributed by atoms with van der Waals surface area (Å²) in [6, 6.07) is 15.7. The van der Waals surface area contributed by atoms with Crippen LogP contribution >= 0.6 is 0 Å². The molecule has 3 aromatic rings. The topological polar surface area (TPSA) is 46.2 Å². The van der Waals surface area contributed by atoms with Gasteiger partial charge in [0.1, 0.15) is 5.69 Å². The lowest BCUT2D eigenvalue weighted by atomic mass is 9.95. The van der Waals surface area contributed by atoms with E-state index in [0.29, 0.717) is 17.2 Å². The van der Waals surface area contributed by atoms with Crippen LogP contribution in [0.25, 0.3) is 11.1 Å². The van der Waals surface area contributed by atoms with Crippen molar-refractivity contribution >= 4 is 11.4 Å². The zero-order valence-electron chi connectivity index (χ0n) is 14.2. The molecule has 0 heterocycles. The number of aryl methyl sites for hydroxylation is 1. The van der Waals surface area contributed by atoms with Gasteiger partial charge in [-0.15, -0.1) is 0 Å². The van der Waals surface area contributed by atoms with E-state index in [1.165, 1.54) is 11.1 Å². The van der Waals surface area contributed by atoms with E-state index in [1.807, 2.05) is 48.5 Å². The Balaban J connectivity index is 1.92. The maximum Gasteiger partial charge on any atom is 0.250 e. The van der Waals surface area contributed by atoms with Crippen LogP contribution in [0.15, 0.2) is 58.1 Å². The van der Waals surface area contributed by atoms with Crippen LogP contribution in [0, 0.1) is 0 Å². The van der Waals surface area contributed by atoms with Crippen LogP contribution in [-0.2, 0) is 6.42 Å². The maximum atomic E-state index is 12.0. The molecule has 0 saturated heterocycles. The standard InChI is InChI=1S/C21H21NO2/c1-4-14-5-11-17(12-6-14)22-19-18(20(23)21(19)24)16-9-7-15(8-10-16)13(2)3/h5-13,22H,4H2,1-3H3. The number of anilines is 2. The van der Waals surface area contributed by atoms with Gasteiger partial charge in [-0.25, -0.2) is 0 Å². The summed E-state index contributed by atoms with van der Waals surface area (Å²) in [5.74, 6) is 0.432. The van der Waals surface area contributed by atoms with Gasteiger partial charge < -0.3 is 5.32 Å². The van der Waals surface area contributed by atoms with Crippen LogP contribution < -0.4 is 16.2 Å². The molecular weight excluding hydrogens is 298 g/mol. The van der Waals surface area contributed by atoms with Gasteiger partial charge >= 0.3 is 0 Å². The van der Waals surface area contributed by atoms with Crippen molar-refractivity contribution in [1.29, 1.82) is 0 Å². The normalized spacial score (nSPS) is 11.2. The van der Waals surface area contributed by atoms with E-state index >= 15 is 0 Å². The summed E-state index contributed by atoms with van der Waals surface area (Å²) >= 11 is 0. The van der Waals surface area contributed by atoms with Gasteiger partial charge in [0.15, 0.2) is 0 Å². The van der Waals surface area contributed by atoms with E-state index in [2.05, 4.69) is 26.1 Å². The number of hydrogen-bond acceptors (Lipinski definition) is 3. The van der Waals surface area contributed by atoms with Gasteiger partial charge in [-0.3, -0.25) is 9.59 Å². The molecule has 0 spiro atoms. The van der Waals surface area contributed by atoms with Gasteiger partial charge in [0.05, 0.1) is 5.56 Å². The van der Waals surface area contributed by atoms with E-state index in [9.17, 15) is 9.59 Å². The lowest BCUT2D eigenvalue weighted by molar-refractivity contribution is 0.867. The predicted molar refractivity (Wildman–Crippen MR) is 100.0 cm³/mol. The first-order valence-corrected chi connectivity index (χ1v) is 8.31. The van der Waals surface area contributed by atoms with Gasteiger partial charge in [-0.2, -0.15) is 0 Å². The fourth-order valence-electron chi connectivity index (χ4n) is 2.79. The molecule has 0 bridgehead atoms. The monoisotopic (exact) mass is 319 g/mol. The first-order valence-electron chi connectivity index (χ1n) is 8.31. The Morgan fingerprint density at radius 2 is 1.50 bits per heavy atom. The van der Waals surface area contributed by atoms with Crippen LogP contribution in [-0.4, -0.2) is 0 Å². The Kier molecular flexibility index (Phi) is 4.34. The second kappa shape index (κ2) is 6.44. The molecule has 0 unspecified atom stereocenters. The highest BCUT2D eigenvalue weighted by Gasteiger charge is 2.22. The second-order valence-corrected chi connectivity index (χ2v) is 6.36. The largest absolute Gasteiger partial charge is 0.352 e. The average Bonchev–Trinajstić information content (AvgIpc) is 2.61. The van der Waals surface area contributed by atoms with Crippen molar-refractivity contribution < 1.29 is 0 Å². The molecule has 122 valence electrons. The Labute approximate surface area is 141 Å². The maximum absolute atomic E-state index is 12.0. The molecule has 0 aliphatic carbocycles. The number of rotatable bonds is 5. The van der Waals surface area contributed by atoms with Gasteiger partial charge in [0.25, 0.3) is 5.43 Å². The molecule has 3 nitrogen and oxygen atoms in total. The summed E-state index contributed by atoms with van der Waals surface area (Å²) in [5.41, 5.74) is 4.06. The lowest BCUT2D eigenvalue weighted by Gasteiger charge is -2.14. The number of benzene rings is 2. The predicted octanol–water partition coefficient (Wildman–Crippen LogP) is 4.38. The molecule has 3 heteroatoms. The van der Waals surface area contributed by atoms with Crippen molar-refractivity contribution in [3.8, 4) is 11.1 Å². The number of nitrogens with one attached hydrogen (secondary N) is 1. The molecule has 0 atom stereocenters. The van der Waals surface area contributed by atoms with E-state index in [0.717, 1.165) is 17.7 Å². The summed E-state index contributed by atoms with van der Waals surface area (Å²) in [5, 5.41) is 3.11. The van der Waals surface area contributed by atoms with Crippen LogP contribution in [0.2, 0.25) is 0 Å². The minimum Gasteiger partial charge on any atom is -0.352 e. The average molecular weight is 319 g/mol. The SMILES string of the molecule is CCc1ccc(Nc2c(-c3ccc(C(C)C)cc3)c(=O)c2=O)cc1. The third-order valence-corrected chi connectivity index (χ3v) is 4.41. The molecule has 24 heavy (non-hydrogen) atoms. The van der Waals surface area contributed by atoms with Crippen molar-refractivity contribution in [2.45, 2.75) is 33.1 Å². The summed E-state index contributed by atoms with van der Waals surface area (Å²) in [6.07, 6.45) is 0.966. The fraction of sp³-hybridized carbons (Fsp3) is 0.238. The Hall–Kier alpha value is -2.68. The molecule has 3 rings (SSSR count). The third kappa shape index (κ3) is 2.90. The van der Waals surface area contributed by atoms with Crippen LogP contribution in [0.4, 0.5) is 11.4 Å². The Morgan fingerprint density at radius 1 is 0.875 bits per heavy atom. The van der Waals surface area contributed by atoms with Crippen molar-refractivity contribution in [2.24, 2.45) is 0 Å². The van der Waals surface area contributed by atoms with E-state index < -0.39 is 10.9 Å². The highest BCUT2D eigenvalue weighted by Crippen LogP contribution is 2.28. The molecule has 1 N–H and O–H groups in total. The van der Waals surface area contributed by atoms with Crippen molar-refractivity contribution in [2.75, 3.05) is 5.32 Å². The van der Waals surface area contributed by atoms with Crippen molar-refractivity contribution in [3.05, 3.63) is 80.1 Å². The lowest BCUT2D eigenvalue weighted by Crippen LogP contribution is -2.35. The van der Waals surface area contributed by atoms with Gasteiger partial charge in [0.2, 0.25) is 5.43 Å². The smallest absolute Gasteiger partial charge is 0.250 e. The zero-order chi connectivity index (χ0) is 17.3. The Bertz CT molecular complexity index is 912. The second-order valence-electron chi connectivity index (χ2n) is 6.36. The van der Waals surface area contributed by atoms with Gasteiger partial charge in [-0.1, -0.05) is 57.2 Å². The van der Waals surface area contributed by atoms with E-state index in [4.69, 9.17) is 0 Å². The Morgan fingerprint density at radius 3 is 2.04 bits per heavy atom. The summed E-state index contributed by atoms with van der Waals surface area (Å²) in [7, 11) is 0. The van der Waals surface area contributed by atoms with Gasteiger partial charge in [-0.05, 0) is 41.2 Å². The van der Waals surface area contributed by atoms with Crippen molar-refractivity contribution in [3.63, 3.8) is 0 Å². The third-order valence-electron chi connectivity index (χ3n) is 4.41. The molecular formula is C21H21NO2. The van der Waals surface area contributed by atoms with Crippen molar-refractivity contribution in [1.82, 2.24) is 0 Å². The molecule has 0 radical (unpaired) electrons. The summed E-state index contributed by atoms with van der Waals surface area (Å²) in [6.45, 7) is 6.34. The molecule has 0 aromatic heterocycles. The molecule has 3 aromatic carbocycles. The van der Waals surface area contributed by atoms with Crippen LogP contribution in [0.1, 0.15) is 37.8 Å².